The van der Waals surface area contributed by atoms with E-state index in [0.717, 1.165) is 15.0 Å². The molecular formula is C31H41ClO10S. The molecule has 10 nitrogen and oxygen atoms in total. The summed E-state index contributed by atoms with van der Waals surface area (Å²) in [6.45, 7) is 2.78. The van der Waals surface area contributed by atoms with Crippen molar-refractivity contribution in [2.45, 2.75) is 95.3 Å². The topological polar surface area (TPSA) is 174 Å². The number of carbonyl (C=O) groups excluding carboxylic acids is 2. The minimum Gasteiger partial charge on any atom is -0.433 e. The number of benzene rings is 1. The van der Waals surface area contributed by atoms with E-state index in [0.29, 0.717) is 37.1 Å². The van der Waals surface area contributed by atoms with E-state index in [1.165, 1.54) is 0 Å². The Hall–Kier alpha value is -1.93. The van der Waals surface area contributed by atoms with Gasteiger partial charge in [-0.25, -0.2) is 0 Å². The number of aryl methyl sites for hydroxylation is 1. The third kappa shape index (κ3) is 7.49. The highest BCUT2D eigenvalue weighted by molar-refractivity contribution is 7.19. The number of aliphatic hydroxyl groups excluding tert-OH is 6. The van der Waals surface area contributed by atoms with E-state index in [1.54, 1.807) is 37.3 Å². The highest BCUT2D eigenvalue weighted by Crippen LogP contribution is 2.45. The molecule has 4 rings (SSSR count). The molecule has 1 aliphatic heterocycles. The van der Waals surface area contributed by atoms with Gasteiger partial charge in [0.1, 0.15) is 30.2 Å². The molecule has 1 saturated carbocycles. The summed E-state index contributed by atoms with van der Waals surface area (Å²) in [5, 5.41) is 62.4. The largest absolute Gasteiger partial charge is 0.433 e. The number of halogens is 1. The van der Waals surface area contributed by atoms with E-state index in [1.807, 2.05) is 24.3 Å². The molecule has 238 valence electrons. The first kappa shape index (κ1) is 34.0. The molecule has 9 atom stereocenters. The van der Waals surface area contributed by atoms with Gasteiger partial charge in [0.05, 0.1) is 29.3 Å². The third-order valence-corrected chi connectivity index (χ3v) is 10.4. The lowest BCUT2D eigenvalue weighted by Gasteiger charge is -2.39. The van der Waals surface area contributed by atoms with E-state index in [4.69, 9.17) is 21.1 Å². The number of hydrogen-bond acceptors (Lipinski definition) is 11. The maximum absolute atomic E-state index is 13.2. The highest BCUT2D eigenvalue weighted by Gasteiger charge is 2.53. The van der Waals surface area contributed by atoms with E-state index in [2.05, 4.69) is 0 Å². The summed E-state index contributed by atoms with van der Waals surface area (Å²) in [5.74, 6) is -1.77. The summed E-state index contributed by atoms with van der Waals surface area (Å²) < 4.78 is 11.4. The Bertz CT molecular complexity index is 1290. The van der Waals surface area contributed by atoms with Crippen molar-refractivity contribution >= 4 is 44.8 Å². The predicted octanol–water partition coefficient (Wildman–Crippen LogP) is 2.51. The van der Waals surface area contributed by atoms with Crippen molar-refractivity contribution in [3.05, 3.63) is 46.3 Å². The van der Waals surface area contributed by atoms with Crippen LogP contribution in [0.4, 0.5) is 0 Å². The average molecular weight is 641 g/mol. The van der Waals surface area contributed by atoms with Crippen LogP contribution in [0.15, 0.2) is 36.4 Å². The number of rotatable bonds is 12. The van der Waals surface area contributed by atoms with Crippen LogP contribution in [0.1, 0.15) is 50.8 Å². The van der Waals surface area contributed by atoms with Crippen LogP contribution in [-0.2, 0) is 25.5 Å². The van der Waals surface area contributed by atoms with Crippen LogP contribution >= 0.6 is 22.9 Å². The van der Waals surface area contributed by atoms with Gasteiger partial charge in [-0.2, -0.15) is 0 Å². The quantitative estimate of drug-likeness (QED) is 0.115. The lowest BCUT2D eigenvalue weighted by atomic mass is 9.86. The van der Waals surface area contributed by atoms with Gasteiger partial charge in [0, 0.05) is 33.2 Å². The maximum Gasteiger partial charge on any atom is 0.308 e. The van der Waals surface area contributed by atoms with Gasteiger partial charge >= 0.3 is 5.97 Å². The Morgan fingerprint density at radius 2 is 1.86 bits per heavy atom. The molecule has 1 aromatic heterocycles. The predicted molar refractivity (Wildman–Crippen MR) is 160 cm³/mol. The Labute approximate surface area is 259 Å². The summed E-state index contributed by atoms with van der Waals surface area (Å²) in [6.07, 6.45) is -3.75. The van der Waals surface area contributed by atoms with Crippen LogP contribution < -0.4 is 0 Å². The first-order valence-electron chi connectivity index (χ1n) is 14.6. The van der Waals surface area contributed by atoms with Crippen LogP contribution in [0, 0.1) is 17.3 Å². The van der Waals surface area contributed by atoms with Crippen molar-refractivity contribution in [1.82, 2.24) is 0 Å². The number of hydrogen-bond donors (Lipinski definition) is 6. The smallest absolute Gasteiger partial charge is 0.308 e. The zero-order valence-electron chi connectivity index (χ0n) is 24.2. The second kappa shape index (κ2) is 14.4. The molecule has 12 heteroatoms. The lowest BCUT2D eigenvalue weighted by Crippen LogP contribution is -2.59. The summed E-state index contributed by atoms with van der Waals surface area (Å²) in [6, 6.07) is 7.87. The molecule has 2 unspecified atom stereocenters. The SMILES string of the molecule is CC1(C)C(=O)[C@H](CCCCC(=O)OC2O[C@H](CO)[C@@H](O)[C@H](O)[C@H]2O)[C@@H](/C=C/C(O)CCc2sc3ccccc3c2Cl)[C@@H]1O. The number of carbonyl (C=O) groups is 2. The normalized spacial score (nSPS) is 31.6. The van der Waals surface area contributed by atoms with E-state index < -0.39 is 72.7 Å². The number of thiophene rings is 1. The van der Waals surface area contributed by atoms with Gasteiger partial charge < -0.3 is 40.1 Å². The second-order valence-electron chi connectivity index (χ2n) is 12.0. The van der Waals surface area contributed by atoms with E-state index >= 15 is 0 Å². The van der Waals surface area contributed by atoms with Gasteiger partial charge in [-0.15, -0.1) is 11.3 Å². The minimum atomic E-state index is -1.67. The molecule has 2 fully saturated rings. The summed E-state index contributed by atoms with van der Waals surface area (Å²) in [7, 11) is 0. The number of ether oxygens (including phenoxy) is 2. The molecule has 0 amide bonds. The number of Topliss-reactive ketones (excluding diaryl/α,β-unsaturated/α-hetero) is 1. The number of unbranched alkanes of at least 4 members (excludes halogenated alkanes) is 1. The Kier molecular flexibility index (Phi) is 11.4. The number of aliphatic hydroxyl groups is 6. The van der Waals surface area contributed by atoms with Crippen LogP contribution in [0.3, 0.4) is 0 Å². The maximum atomic E-state index is 13.2. The van der Waals surface area contributed by atoms with Gasteiger partial charge in [0.25, 0.3) is 0 Å². The summed E-state index contributed by atoms with van der Waals surface area (Å²) >= 11 is 8.13. The average Bonchev–Trinajstić information content (AvgIpc) is 3.39. The molecular weight excluding hydrogens is 600 g/mol. The van der Waals surface area contributed by atoms with Crippen LogP contribution in [0.5, 0.6) is 0 Å². The minimum absolute atomic E-state index is 0.0542. The van der Waals surface area contributed by atoms with E-state index in [-0.39, 0.29) is 12.2 Å². The fourth-order valence-corrected chi connectivity index (χ4v) is 7.45. The fraction of sp³-hybridized carbons (Fsp3) is 0.613. The summed E-state index contributed by atoms with van der Waals surface area (Å²) in [5.41, 5.74) is -0.961. The monoisotopic (exact) mass is 640 g/mol. The van der Waals surface area contributed by atoms with Crippen LogP contribution in [0.25, 0.3) is 10.1 Å². The number of ketones is 1. The molecule has 2 aromatic rings. The van der Waals surface area contributed by atoms with Gasteiger partial charge in [0.2, 0.25) is 6.29 Å². The molecule has 1 aliphatic carbocycles. The van der Waals surface area contributed by atoms with Crippen molar-refractivity contribution < 1.29 is 49.7 Å². The van der Waals surface area contributed by atoms with Crippen LogP contribution in [-0.4, -0.2) is 91.9 Å². The van der Waals surface area contributed by atoms with Gasteiger partial charge in [-0.3, -0.25) is 9.59 Å². The molecule has 0 bridgehead atoms. The zero-order valence-corrected chi connectivity index (χ0v) is 25.8. The Morgan fingerprint density at radius 1 is 1.14 bits per heavy atom. The molecule has 0 spiro atoms. The van der Waals surface area contributed by atoms with Gasteiger partial charge in [-0.05, 0) is 31.7 Å². The molecule has 1 saturated heterocycles. The van der Waals surface area contributed by atoms with E-state index in [9.17, 15) is 40.2 Å². The zero-order chi connectivity index (χ0) is 31.5. The highest BCUT2D eigenvalue weighted by atomic mass is 35.5. The third-order valence-electron chi connectivity index (χ3n) is 8.61. The van der Waals surface area contributed by atoms with Gasteiger partial charge in [-0.1, -0.05) is 62.2 Å². The first-order chi connectivity index (χ1) is 20.4. The lowest BCUT2D eigenvalue weighted by molar-refractivity contribution is -0.292. The second-order valence-corrected chi connectivity index (χ2v) is 13.5. The first-order valence-corrected chi connectivity index (χ1v) is 15.8. The standard InChI is InChI=1S/C31H41ClO10S/c1-31(2)28(39)17(7-4-6-10-23(35)42-30-27(38)26(37)25(36)20(15-33)41-30)18(29(31)40)13-11-16(34)12-14-22-24(32)19-8-3-5-9-21(19)43-22/h3,5,8-9,11,13,16-18,20,25-27,29-30,33-34,36-38,40H,4,6-7,10,12,14-15H2,1-2H3/b13-11+/t16?,17-,18-,20-,25-,26+,27-,29+,30?/m1/s1. The van der Waals surface area contributed by atoms with Crippen molar-refractivity contribution in [1.29, 1.82) is 0 Å². The van der Waals surface area contributed by atoms with Crippen molar-refractivity contribution in [3.63, 3.8) is 0 Å². The number of esters is 1. The molecule has 1 aromatic carbocycles. The van der Waals surface area contributed by atoms with Crippen molar-refractivity contribution in [2.75, 3.05) is 6.61 Å². The molecule has 6 N–H and O–H groups in total. The molecule has 2 heterocycles. The van der Waals surface area contributed by atoms with Gasteiger partial charge in [0.15, 0.2) is 0 Å². The van der Waals surface area contributed by atoms with Crippen LogP contribution in [0.2, 0.25) is 5.02 Å². The Balaban J connectivity index is 1.28. The Morgan fingerprint density at radius 3 is 2.56 bits per heavy atom. The fourth-order valence-electron chi connectivity index (χ4n) is 5.91. The number of fused-ring (bicyclic) bond motifs is 1. The molecule has 0 radical (unpaired) electrons. The molecule has 2 aliphatic rings. The van der Waals surface area contributed by atoms with Crippen molar-refractivity contribution in [2.24, 2.45) is 17.3 Å². The summed E-state index contributed by atoms with van der Waals surface area (Å²) in [4.78, 5) is 26.6. The molecule has 43 heavy (non-hydrogen) atoms. The van der Waals surface area contributed by atoms with Crippen molar-refractivity contribution in [3.8, 4) is 0 Å².